The Kier molecular flexibility index (Phi) is 46.9. The molecule has 0 saturated carbocycles. The number of aliphatic hydroxyl groups excluding tert-OH is 1. The lowest BCUT2D eigenvalue weighted by molar-refractivity contribution is -0.907. The van der Waals surface area contributed by atoms with Gasteiger partial charge >= 0.3 is 0 Å². The number of carbonyl (C=O) groups is 2. The predicted molar refractivity (Wildman–Crippen MR) is 251 cm³/mol. The molecule has 2 amide bonds. The van der Waals surface area contributed by atoms with Crippen LogP contribution in [0.15, 0.2) is 48.6 Å². The summed E-state index contributed by atoms with van der Waals surface area (Å²) in [5, 5.41) is 15.2. The first-order chi connectivity index (χ1) is 29.5. The van der Waals surface area contributed by atoms with Gasteiger partial charge < -0.3 is 34.2 Å². The van der Waals surface area contributed by atoms with Crippen LogP contribution in [0.1, 0.15) is 168 Å². The summed E-state index contributed by atoms with van der Waals surface area (Å²) in [5.74, 6) is 0.250. The van der Waals surface area contributed by atoms with E-state index in [9.17, 15) is 22.6 Å². The third-order valence-electron chi connectivity index (χ3n) is 10.2. The average Bonchev–Trinajstić information content (AvgIpc) is 3.23. The zero-order valence-electron chi connectivity index (χ0n) is 39.2. The lowest BCUT2D eigenvalue weighted by Gasteiger charge is -2.34. The summed E-state index contributed by atoms with van der Waals surface area (Å²) in [6.07, 6.45) is 45.4. The molecule has 0 aromatic carbocycles. The van der Waals surface area contributed by atoms with Gasteiger partial charge in [-0.15, -0.1) is 0 Å². The minimum Gasteiger partial charge on any atom is -0.726 e. The molecule has 0 rings (SSSR count). The highest BCUT2D eigenvalue weighted by atomic mass is 32.3. The van der Waals surface area contributed by atoms with Crippen molar-refractivity contribution in [2.24, 2.45) is 0 Å². The SMILES string of the molecule is CCCCC/C=C\C/C=C\CCCCCCCC(=O)NCC[N+](C)(CCNC(=O)CCCCCCC/C=C\C/C=C\CCCCC)CCOCCOCCO.COS(=O)(=O)[O-]. The largest absolute Gasteiger partial charge is 0.726 e. The van der Waals surface area contributed by atoms with Crippen LogP contribution in [0.2, 0.25) is 0 Å². The van der Waals surface area contributed by atoms with Crippen molar-refractivity contribution >= 4 is 22.2 Å². The van der Waals surface area contributed by atoms with Gasteiger partial charge in [-0.25, -0.2) is 8.42 Å². The minimum atomic E-state index is -4.41. The molecule has 0 atom stereocenters. The summed E-state index contributed by atoms with van der Waals surface area (Å²) in [7, 11) is -1.43. The first-order valence-corrected chi connectivity index (χ1v) is 25.1. The number of nitrogens with zero attached hydrogens (tertiary/aromatic N) is 1. The summed E-state index contributed by atoms with van der Waals surface area (Å²) in [4.78, 5) is 25.2. The number of ether oxygens (including phenoxy) is 2. The van der Waals surface area contributed by atoms with Crippen LogP contribution in [0.5, 0.6) is 0 Å². The van der Waals surface area contributed by atoms with Crippen LogP contribution in [0.3, 0.4) is 0 Å². The molecule has 12 nitrogen and oxygen atoms in total. The molecule has 0 bridgehead atoms. The van der Waals surface area contributed by atoms with Crippen LogP contribution < -0.4 is 10.6 Å². The fourth-order valence-electron chi connectivity index (χ4n) is 6.31. The standard InChI is InChI=1S/C47H87N3O5.CH4O4S/c1-4-6-8-10-12-14-16-18-20-22-24-26-28-30-32-34-46(52)48-36-38-50(3,40-42-54-44-45-55-43-41-51)39-37-49-47(53)35-33-31-29-27-25-23-21-19-17-15-13-11-9-7-5-2;1-5-6(2,3)4/h12-15,18-21,51H,4-11,16-17,22-45H2,1-3H3,(H-,48,49,52,53);1H3,(H,2,3,4)/b14-12-,15-13-,20-18-,21-19-;. The average molecular weight is 886 g/mol. The van der Waals surface area contributed by atoms with Crippen molar-refractivity contribution in [1.29, 1.82) is 0 Å². The van der Waals surface area contributed by atoms with E-state index in [-0.39, 0.29) is 18.4 Å². The maximum absolute atomic E-state index is 12.6. The highest BCUT2D eigenvalue weighted by Gasteiger charge is 2.22. The highest BCUT2D eigenvalue weighted by Crippen LogP contribution is 2.10. The molecule has 358 valence electrons. The number of likely N-dealkylation sites (N-methyl/N-ethyl adjacent to an activating group) is 1. The van der Waals surface area contributed by atoms with Gasteiger partial charge in [0.2, 0.25) is 22.2 Å². The zero-order chi connectivity index (χ0) is 45.4. The summed E-state index contributed by atoms with van der Waals surface area (Å²) >= 11 is 0. The van der Waals surface area contributed by atoms with Crippen LogP contribution in [-0.4, -0.2) is 114 Å². The first-order valence-electron chi connectivity index (χ1n) is 23.8. The van der Waals surface area contributed by atoms with Crippen molar-refractivity contribution in [3.8, 4) is 0 Å². The Balaban J connectivity index is 0. The molecule has 0 aliphatic carbocycles. The molecule has 0 aromatic rings. The van der Waals surface area contributed by atoms with Gasteiger partial charge in [0.05, 0.1) is 73.4 Å². The van der Waals surface area contributed by atoms with Crippen LogP contribution in [0, 0.1) is 0 Å². The second-order valence-corrected chi connectivity index (χ2v) is 17.1. The normalized spacial score (nSPS) is 12.2. The minimum absolute atomic E-state index is 0.0115. The Morgan fingerprint density at radius 1 is 0.557 bits per heavy atom. The summed E-state index contributed by atoms with van der Waals surface area (Å²) < 4.78 is 42.8. The van der Waals surface area contributed by atoms with Crippen LogP contribution in [-0.2, 0) is 33.6 Å². The Morgan fingerprint density at radius 3 is 1.30 bits per heavy atom. The van der Waals surface area contributed by atoms with Gasteiger partial charge in [0.15, 0.2) is 0 Å². The number of rotatable bonds is 43. The van der Waals surface area contributed by atoms with Crippen molar-refractivity contribution in [1.82, 2.24) is 10.6 Å². The van der Waals surface area contributed by atoms with E-state index in [1.807, 2.05) is 0 Å². The fraction of sp³-hybridized carbons (Fsp3) is 0.792. The van der Waals surface area contributed by atoms with E-state index < -0.39 is 10.4 Å². The smallest absolute Gasteiger partial charge is 0.220 e. The number of allylic oxidation sites excluding steroid dienone is 8. The van der Waals surface area contributed by atoms with E-state index in [1.54, 1.807) is 0 Å². The van der Waals surface area contributed by atoms with Crippen molar-refractivity contribution in [2.75, 3.05) is 79.9 Å². The van der Waals surface area contributed by atoms with Crippen molar-refractivity contribution in [2.45, 2.75) is 168 Å². The van der Waals surface area contributed by atoms with E-state index in [1.165, 1.54) is 89.9 Å². The lowest BCUT2D eigenvalue weighted by atomic mass is 10.1. The van der Waals surface area contributed by atoms with Gasteiger partial charge in [0.1, 0.15) is 6.54 Å². The van der Waals surface area contributed by atoms with Gasteiger partial charge in [-0.3, -0.25) is 13.8 Å². The molecule has 0 aliphatic heterocycles. The zero-order valence-corrected chi connectivity index (χ0v) is 40.0. The summed E-state index contributed by atoms with van der Waals surface area (Å²) in [6.45, 7) is 9.87. The van der Waals surface area contributed by atoms with E-state index in [0.29, 0.717) is 56.8 Å². The maximum atomic E-state index is 12.6. The van der Waals surface area contributed by atoms with Crippen LogP contribution in [0.4, 0.5) is 0 Å². The highest BCUT2D eigenvalue weighted by molar-refractivity contribution is 7.80. The number of amides is 2. The second kappa shape index (κ2) is 47.1. The molecule has 0 heterocycles. The van der Waals surface area contributed by atoms with Crippen molar-refractivity contribution in [3.05, 3.63) is 48.6 Å². The number of aliphatic hydroxyl groups is 1. The van der Waals surface area contributed by atoms with Gasteiger partial charge in [-0.2, -0.15) is 0 Å². The Hall–Kier alpha value is -2.39. The van der Waals surface area contributed by atoms with Gasteiger partial charge in [0, 0.05) is 12.8 Å². The van der Waals surface area contributed by atoms with Gasteiger partial charge in [0.25, 0.3) is 0 Å². The molecular formula is C48H91N3O9S. The predicted octanol–water partition coefficient (Wildman–Crippen LogP) is 9.41. The number of hydrogen-bond donors (Lipinski definition) is 3. The Bertz CT molecular complexity index is 1140. The molecule has 61 heavy (non-hydrogen) atoms. The molecule has 0 fully saturated rings. The van der Waals surface area contributed by atoms with Crippen molar-refractivity contribution in [3.63, 3.8) is 0 Å². The number of unbranched alkanes of at least 4 members (excludes halogenated alkanes) is 16. The number of quaternary nitrogens is 1. The number of hydrogen-bond acceptors (Lipinski definition) is 9. The van der Waals surface area contributed by atoms with Gasteiger partial charge in [-0.1, -0.05) is 127 Å². The third kappa shape index (κ3) is 51.9. The number of carbonyl (C=O) groups excluding carboxylic acids is 2. The second-order valence-electron chi connectivity index (χ2n) is 16.0. The molecule has 0 radical (unpaired) electrons. The monoisotopic (exact) mass is 886 g/mol. The molecule has 13 heteroatoms. The van der Waals surface area contributed by atoms with E-state index in [0.717, 1.165) is 78.1 Å². The van der Waals surface area contributed by atoms with E-state index in [2.05, 4.69) is 84.3 Å². The van der Waals surface area contributed by atoms with Crippen LogP contribution >= 0.6 is 0 Å². The summed E-state index contributed by atoms with van der Waals surface area (Å²) in [5.41, 5.74) is 0. The maximum Gasteiger partial charge on any atom is 0.220 e. The third-order valence-corrected chi connectivity index (χ3v) is 10.7. The molecule has 0 spiro atoms. The first kappa shape index (κ1) is 60.7. The molecule has 0 saturated heterocycles. The van der Waals surface area contributed by atoms with Gasteiger partial charge in [-0.05, 0) is 77.0 Å². The van der Waals surface area contributed by atoms with E-state index in [4.69, 9.17) is 14.6 Å². The number of nitrogens with one attached hydrogen (secondary N) is 2. The lowest BCUT2D eigenvalue weighted by Crippen LogP contribution is -2.53. The molecular weight excluding hydrogens is 795 g/mol. The molecule has 0 unspecified atom stereocenters. The fourth-order valence-corrected chi connectivity index (χ4v) is 6.31. The quantitative estimate of drug-likeness (QED) is 0.0178. The molecule has 3 N–H and O–H groups in total. The molecule has 0 aromatic heterocycles. The Labute approximate surface area is 374 Å². The van der Waals surface area contributed by atoms with Crippen molar-refractivity contribution < 1.29 is 45.8 Å². The van der Waals surface area contributed by atoms with Crippen LogP contribution in [0.25, 0.3) is 0 Å². The Morgan fingerprint density at radius 2 is 0.918 bits per heavy atom. The van der Waals surface area contributed by atoms with E-state index >= 15 is 0 Å². The molecule has 0 aliphatic rings. The topological polar surface area (TPSA) is 163 Å². The summed E-state index contributed by atoms with van der Waals surface area (Å²) in [6, 6.07) is 0.